The van der Waals surface area contributed by atoms with E-state index in [1.807, 2.05) is 6.92 Å². The van der Waals surface area contributed by atoms with Crippen molar-refractivity contribution < 1.29 is 4.79 Å². The molecule has 1 amide bonds. The largest absolute Gasteiger partial charge is 0.295 e. The van der Waals surface area contributed by atoms with Crippen LogP contribution in [0.3, 0.4) is 0 Å². The van der Waals surface area contributed by atoms with E-state index in [1.165, 1.54) is 30.5 Å². The number of anilines is 1. The number of nitrogens with one attached hydrogen (secondary N) is 1. The minimum absolute atomic E-state index is 0.158. The molecule has 94 valence electrons. The quantitative estimate of drug-likeness (QED) is 0.870. The van der Waals surface area contributed by atoms with Gasteiger partial charge in [-0.05, 0) is 12.5 Å². The van der Waals surface area contributed by atoms with Crippen molar-refractivity contribution in [1.29, 1.82) is 0 Å². The maximum Gasteiger partial charge on any atom is 0.277 e. The molecule has 0 aromatic carbocycles. The van der Waals surface area contributed by atoms with Crippen LogP contribution in [0.15, 0.2) is 16.9 Å². The number of carbonyl (C=O) groups is 1. The molecule has 0 unspecified atom stereocenters. The summed E-state index contributed by atoms with van der Waals surface area (Å²) in [6.07, 6.45) is 0.769. The Hall–Kier alpha value is -2.09. The molecule has 2 aromatic rings. The van der Waals surface area contributed by atoms with Gasteiger partial charge < -0.3 is 0 Å². The number of aryl methyl sites for hydroxylation is 2. The number of aromatic nitrogens is 4. The summed E-state index contributed by atoms with van der Waals surface area (Å²) in [5.74, 6) is -0.413. The van der Waals surface area contributed by atoms with Crippen LogP contribution in [0, 0.1) is 0 Å². The number of carbonyl (C=O) groups excluding carboxylic acids is 1. The standard InChI is InChI=1S/C10H11N5O2S/c1-3-7-12-13-10(18-7)11-9(17)6-4-5-8(16)15(2)14-6/h4-5H,3H2,1-2H3,(H,11,13,17). The van der Waals surface area contributed by atoms with E-state index >= 15 is 0 Å². The minimum Gasteiger partial charge on any atom is -0.295 e. The van der Waals surface area contributed by atoms with E-state index in [9.17, 15) is 9.59 Å². The van der Waals surface area contributed by atoms with Crippen LogP contribution in [0.5, 0.6) is 0 Å². The van der Waals surface area contributed by atoms with Crippen molar-refractivity contribution in [2.24, 2.45) is 7.05 Å². The summed E-state index contributed by atoms with van der Waals surface area (Å²) in [5.41, 5.74) is -0.110. The van der Waals surface area contributed by atoms with E-state index < -0.39 is 5.91 Å². The lowest BCUT2D eigenvalue weighted by Gasteiger charge is -2.01. The lowest BCUT2D eigenvalue weighted by atomic mass is 10.4. The summed E-state index contributed by atoms with van der Waals surface area (Å²) < 4.78 is 1.10. The summed E-state index contributed by atoms with van der Waals surface area (Å²) in [7, 11) is 1.49. The Morgan fingerprint density at radius 1 is 1.44 bits per heavy atom. The van der Waals surface area contributed by atoms with Crippen molar-refractivity contribution in [1.82, 2.24) is 20.0 Å². The average molecular weight is 265 g/mol. The molecule has 2 heterocycles. The van der Waals surface area contributed by atoms with Crippen LogP contribution in [0.25, 0.3) is 0 Å². The first-order valence-electron chi connectivity index (χ1n) is 5.28. The number of rotatable bonds is 3. The Morgan fingerprint density at radius 3 is 2.83 bits per heavy atom. The number of amides is 1. The van der Waals surface area contributed by atoms with Gasteiger partial charge in [-0.3, -0.25) is 14.9 Å². The molecular weight excluding hydrogens is 254 g/mol. The fraction of sp³-hybridized carbons (Fsp3) is 0.300. The van der Waals surface area contributed by atoms with Gasteiger partial charge in [0.1, 0.15) is 10.7 Å². The molecule has 0 spiro atoms. The summed E-state index contributed by atoms with van der Waals surface area (Å²) in [6, 6.07) is 2.67. The van der Waals surface area contributed by atoms with Gasteiger partial charge in [-0.25, -0.2) is 4.68 Å². The van der Waals surface area contributed by atoms with Crippen molar-refractivity contribution in [3.63, 3.8) is 0 Å². The highest BCUT2D eigenvalue weighted by atomic mass is 32.1. The third kappa shape index (κ3) is 2.59. The third-order valence-electron chi connectivity index (χ3n) is 2.18. The van der Waals surface area contributed by atoms with Crippen LogP contribution in [0.2, 0.25) is 0 Å². The Morgan fingerprint density at radius 2 is 2.22 bits per heavy atom. The van der Waals surface area contributed by atoms with E-state index in [0.29, 0.717) is 5.13 Å². The van der Waals surface area contributed by atoms with Crippen molar-refractivity contribution in [2.75, 3.05) is 5.32 Å². The van der Waals surface area contributed by atoms with Gasteiger partial charge in [0.05, 0.1) is 0 Å². The van der Waals surface area contributed by atoms with Crippen LogP contribution < -0.4 is 10.9 Å². The molecule has 0 atom stereocenters. The van der Waals surface area contributed by atoms with Gasteiger partial charge in [-0.15, -0.1) is 10.2 Å². The Balaban J connectivity index is 2.16. The third-order valence-corrected chi connectivity index (χ3v) is 3.17. The van der Waals surface area contributed by atoms with Gasteiger partial charge >= 0.3 is 0 Å². The van der Waals surface area contributed by atoms with Gasteiger partial charge in [0.15, 0.2) is 0 Å². The maximum atomic E-state index is 11.8. The molecule has 0 bridgehead atoms. The average Bonchev–Trinajstić information content (AvgIpc) is 2.80. The molecule has 0 fully saturated rings. The van der Waals surface area contributed by atoms with Gasteiger partial charge in [0, 0.05) is 13.1 Å². The lowest BCUT2D eigenvalue weighted by Crippen LogP contribution is -2.23. The molecule has 2 aromatic heterocycles. The van der Waals surface area contributed by atoms with Crippen molar-refractivity contribution >= 4 is 22.4 Å². The first-order valence-corrected chi connectivity index (χ1v) is 6.10. The molecule has 0 aliphatic carbocycles. The fourth-order valence-corrected chi connectivity index (χ4v) is 1.91. The number of hydrogen-bond acceptors (Lipinski definition) is 6. The molecule has 0 aliphatic rings. The zero-order valence-corrected chi connectivity index (χ0v) is 10.7. The number of hydrogen-bond donors (Lipinski definition) is 1. The van der Waals surface area contributed by atoms with E-state index in [1.54, 1.807) is 0 Å². The van der Waals surface area contributed by atoms with Gasteiger partial charge in [-0.2, -0.15) is 5.10 Å². The molecule has 0 radical (unpaired) electrons. The van der Waals surface area contributed by atoms with Crippen molar-refractivity contribution in [2.45, 2.75) is 13.3 Å². The molecule has 18 heavy (non-hydrogen) atoms. The first-order chi connectivity index (χ1) is 8.60. The normalized spacial score (nSPS) is 10.3. The lowest BCUT2D eigenvalue weighted by molar-refractivity contribution is 0.102. The monoisotopic (exact) mass is 265 g/mol. The highest BCUT2D eigenvalue weighted by Gasteiger charge is 2.11. The highest BCUT2D eigenvalue weighted by Crippen LogP contribution is 2.15. The summed E-state index contributed by atoms with van der Waals surface area (Å²) in [4.78, 5) is 23.0. The summed E-state index contributed by atoms with van der Waals surface area (Å²) in [5, 5.41) is 15.4. The van der Waals surface area contributed by atoms with Gasteiger partial charge in [0.2, 0.25) is 5.13 Å². The number of nitrogens with zero attached hydrogens (tertiary/aromatic N) is 4. The second-order valence-corrected chi connectivity index (χ2v) is 4.55. The molecular formula is C10H11N5O2S. The molecule has 0 aliphatic heterocycles. The second kappa shape index (κ2) is 5.05. The fourth-order valence-electron chi connectivity index (χ4n) is 1.23. The Kier molecular flexibility index (Phi) is 3.47. The summed E-state index contributed by atoms with van der Waals surface area (Å²) >= 11 is 1.31. The smallest absolute Gasteiger partial charge is 0.277 e. The van der Waals surface area contributed by atoms with E-state index in [2.05, 4.69) is 20.6 Å². The Labute approximate surface area is 106 Å². The second-order valence-electron chi connectivity index (χ2n) is 3.49. The molecule has 7 nitrogen and oxygen atoms in total. The van der Waals surface area contributed by atoms with Crippen LogP contribution in [-0.4, -0.2) is 25.9 Å². The van der Waals surface area contributed by atoms with Gasteiger partial charge in [0.25, 0.3) is 11.5 Å². The topological polar surface area (TPSA) is 89.8 Å². The van der Waals surface area contributed by atoms with Gasteiger partial charge in [-0.1, -0.05) is 18.3 Å². The highest BCUT2D eigenvalue weighted by molar-refractivity contribution is 7.15. The molecule has 2 rings (SSSR count). The summed E-state index contributed by atoms with van der Waals surface area (Å²) in [6.45, 7) is 1.96. The van der Waals surface area contributed by atoms with Crippen molar-refractivity contribution in [3.8, 4) is 0 Å². The van der Waals surface area contributed by atoms with Crippen LogP contribution in [0.4, 0.5) is 5.13 Å². The molecule has 0 saturated carbocycles. The van der Waals surface area contributed by atoms with Crippen LogP contribution >= 0.6 is 11.3 Å². The zero-order valence-electron chi connectivity index (χ0n) is 9.88. The molecule has 8 heteroatoms. The predicted molar refractivity (Wildman–Crippen MR) is 66.7 cm³/mol. The predicted octanol–water partition coefficient (Wildman–Crippen LogP) is 0.446. The van der Waals surface area contributed by atoms with Crippen LogP contribution in [-0.2, 0) is 13.5 Å². The zero-order chi connectivity index (χ0) is 13.1. The van der Waals surface area contributed by atoms with Crippen molar-refractivity contribution in [3.05, 3.63) is 33.2 Å². The molecule has 1 N–H and O–H groups in total. The minimum atomic E-state index is -0.413. The van der Waals surface area contributed by atoms with E-state index in [4.69, 9.17) is 0 Å². The van der Waals surface area contributed by atoms with Crippen LogP contribution in [0.1, 0.15) is 22.4 Å². The van der Waals surface area contributed by atoms with E-state index in [0.717, 1.165) is 16.1 Å². The van der Waals surface area contributed by atoms with E-state index in [-0.39, 0.29) is 11.3 Å². The maximum absolute atomic E-state index is 11.8. The first kappa shape index (κ1) is 12.4. The molecule has 0 saturated heterocycles. The Bertz CT molecular complexity index is 633. The SMILES string of the molecule is CCc1nnc(NC(=O)c2ccc(=O)n(C)n2)s1.